The van der Waals surface area contributed by atoms with Gasteiger partial charge in [0.25, 0.3) is 11.1 Å². The first-order chi connectivity index (χ1) is 10.7. The Balaban J connectivity index is 2.06. The third-order valence-electron chi connectivity index (χ3n) is 4.68. The van der Waals surface area contributed by atoms with Gasteiger partial charge >= 0.3 is 0 Å². The van der Waals surface area contributed by atoms with Gasteiger partial charge in [0.05, 0.1) is 4.91 Å². The summed E-state index contributed by atoms with van der Waals surface area (Å²) in [7, 11) is 1.97. The van der Waals surface area contributed by atoms with E-state index >= 15 is 0 Å². The first kappa shape index (κ1) is 16.1. The molecule has 2 amide bonds. The Morgan fingerprint density at radius 3 is 2.70 bits per heavy atom. The van der Waals surface area contributed by atoms with Gasteiger partial charge in [-0.2, -0.15) is 0 Å². The van der Waals surface area contributed by atoms with Gasteiger partial charge < -0.3 is 4.90 Å². The number of halogens is 1. The summed E-state index contributed by atoms with van der Waals surface area (Å²) in [5.74, 6) is -0.565. The lowest BCUT2D eigenvalue weighted by molar-refractivity contribution is -0.115. The van der Waals surface area contributed by atoms with E-state index < -0.39 is 11.1 Å². The van der Waals surface area contributed by atoms with Crippen molar-refractivity contribution >= 4 is 34.7 Å². The fourth-order valence-corrected chi connectivity index (χ4v) is 3.95. The first-order valence-electron chi connectivity index (χ1n) is 7.51. The average molecular weight is 334 g/mol. The van der Waals surface area contributed by atoms with Crippen molar-refractivity contribution in [1.82, 2.24) is 5.32 Å². The quantitative estimate of drug-likeness (QED) is 0.792. The smallest absolute Gasteiger partial charge is 0.290 e. The largest absolute Gasteiger partial charge is 0.369 e. The van der Waals surface area contributed by atoms with Gasteiger partial charge in [0.1, 0.15) is 5.82 Å². The van der Waals surface area contributed by atoms with E-state index in [4.69, 9.17) is 0 Å². The van der Waals surface area contributed by atoms with E-state index in [0.717, 1.165) is 29.4 Å². The van der Waals surface area contributed by atoms with Gasteiger partial charge in [0, 0.05) is 23.8 Å². The van der Waals surface area contributed by atoms with E-state index in [2.05, 4.69) is 31.0 Å². The van der Waals surface area contributed by atoms with Crippen LogP contribution in [0, 0.1) is 5.82 Å². The van der Waals surface area contributed by atoms with Crippen LogP contribution in [0.2, 0.25) is 0 Å². The lowest BCUT2D eigenvalue weighted by Gasteiger charge is -2.45. The molecule has 3 rings (SSSR count). The molecular formula is C17H19FN2O2S. The van der Waals surface area contributed by atoms with Gasteiger partial charge in [0.15, 0.2) is 0 Å². The Morgan fingerprint density at radius 1 is 1.39 bits per heavy atom. The number of benzene rings is 1. The molecular weight excluding hydrogens is 315 g/mol. The molecule has 1 aromatic carbocycles. The van der Waals surface area contributed by atoms with Gasteiger partial charge in [-0.1, -0.05) is 6.92 Å². The maximum Gasteiger partial charge on any atom is 0.290 e. The number of thioether (sulfide) groups is 1. The van der Waals surface area contributed by atoms with Crippen molar-refractivity contribution in [1.29, 1.82) is 0 Å². The van der Waals surface area contributed by atoms with E-state index in [1.54, 1.807) is 6.07 Å². The zero-order valence-corrected chi connectivity index (χ0v) is 14.4. The molecule has 2 aliphatic heterocycles. The number of imide groups is 1. The second-order valence-corrected chi connectivity index (χ2v) is 7.78. The molecule has 0 aliphatic carbocycles. The fourth-order valence-electron chi connectivity index (χ4n) is 3.28. The molecule has 122 valence electrons. The summed E-state index contributed by atoms with van der Waals surface area (Å²) >= 11 is 0.800. The predicted molar refractivity (Wildman–Crippen MR) is 91.0 cm³/mol. The van der Waals surface area contributed by atoms with Crippen LogP contribution in [0.15, 0.2) is 17.0 Å². The fraction of sp³-hybridized carbons (Fsp3) is 0.412. The highest BCUT2D eigenvalue weighted by atomic mass is 32.2. The van der Waals surface area contributed by atoms with E-state index in [0.29, 0.717) is 11.5 Å². The summed E-state index contributed by atoms with van der Waals surface area (Å²) in [4.78, 5) is 25.2. The monoisotopic (exact) mass is 334 g/mol. The van der Waals surface area contributed by atoms with Crippen molar-refractivity contribution < 1.29 is 14.0 Å². The molecule has 1 saturated heterocycles. The summed E-state index contributed by atoms with van der Waals surface area (Å²) < 4.78 is 14.5. The number of rotatable bonds is 1. The van der Waals surface area contributed by atoms with Crippen molar-refractivity contribution in [2.75, 3.05) is 11.9 Å². The molecule has 1 aromatic rings. The summed E-state index contributed by atoms with van der Waals surface area (Å²) in [5, 5.41) is 1.76. The van der Waals surface area contributed by atoms with Crippen LogP contribution in [0.1, 0.15) is 44.2 Å². The van der Waals surface area contributed by atoms with Crippen LogP contribution >= 0.6 is 11.8 Å². The van der Waals surface area contributed by atoms with Crippen molar-refractivity contribution in [3.8, 4) is 0 Å². The number of carbonyl (C=O) groups is 2. The van der Waals surface area contributed by atoms with Crippen LogP contribution < -0.4 is 10.2 Å². The minimum absolute atomic E-state index is 0.0353. The number of anilines is 1. The number of nitrogens with zero attached hydrogens (tertiary/aromatic N) is 1. The maximum absolute atomic E-state index is 14.5. The number of hydrogen-bond donors (Lipinski definition) is 1. The van der Waals surface area contributed by atoms with Gasteiger partial charge in [-0.05, 0) is 61.7 Å². The van der Waals surface area contributed by atoms with Crippen LogP contribution in [0.3, 0.4) is 0 Å². The highest BCUT2D eigenvalue weighted by molar-refractivity contribution is 8.18. The number of hydrogen-bond acceptors (Lipinski definition) is 4. The summed E-state index contributed by atoms with van der Waals surface area (Å²) in [6.45, 7) is 6.42. The highest BCUT2D eigenvalue weighted by Gasteiger charge is 2.35. The Hall–Kier alpha value is -1.82. The molecule has 2 heterocycles. The van der Waals surface area contributed by atoms with Gasteiger partial charge in [-0.25, -0.2) is 4.39 Å². The van der Waals surface area contributed by atoms with E-state index in [-0.39, 0.29) is 16.3 Å². The summed E-state index contributed by atoms with van der Waals surface area (Å²) in [6.07, 6.45) is 2.42. The maximum atomic E-state index is 14.5. The lowest BCUT2D eigenvalue weighted by Crippen LogP contribution is -2.45. The molecule has 23 heavy (non-hydrogen) atoms. The van der Waals surface area contributed by atoms with E-state index in [1.165, 1.54) is 12.1 Å². The predicted octanol–water partition coefficient (Wildman–Crippen LogP) is 3.87. The average Bonchev–Trinajstić information content (AvgIpc) is 2.76. The number of carbonyl (C=O) groups excluding carboxylic acids is 2. The Labute approximate surface area is 139 Å². The number of nitrogens with one attached hydrogen (secondary N) is 1. The lowest BCUT2D eigenvalue weighted by atomic mass is 9.80. The first-order valence-corrected chi connectivity index (χ1v) is 8.33. The minimum Gasteiger partial charge on any atom is -0.369 e. The highest BCUT2D eigenvalue weighted by Crippen LogP contribution is 2.43. The molecule has 0 radical (unpaired) electrons. The SMILES string of the molecule is CC1CC(C)(C)N(C)c2cc(F)c(/C=C3\SC(=O)NC3=O)cc21. The topological polar surface area (TPSA) is 49.4 Å². The zero-order chi connectivity index (χ0) is 16.9. The van der Waals surface area contributed by atoms with Gasteiger partial charge in [0.2, 0.25) is 0 Å². The third-order valence-corrected chi connectivity index (χ3v) is 5.49. The van der Waals surface area contributed by atoms with Gasteiger partial charge in [-0.3, -0.25) is 14.9 Å². The minimum atomic E-state index is -0.469. The van der Waals surface area contributed by atoms with Crippen LogP contribution in [-0.2, 0) is 4.79 Å². The Bertz CT molecular complexity index is 742. The molecule has 0 spiro atoms. The molecule has 1 fully saturated rings. The molecule has 0 saturated carbocycles. The van der Waals surface area contributed by atoms with Crippen molar-refractivity contribution in [2.45, 2.75) is 38.6 Å². The van der Waals surface area contributed by atoms with E-state index in [1.807, 2.05) is 7.05 Å². The number of fused-ring (bicyclic) bond motifs is 1. The van der Waals surface area contributed by atoms with Crippen molar-refractivity contribution in [3.05, 3.63) is 34.0 Å². The molecule has 0 bridgehead atoms. The van der Waals surface area contributed by atoms with E-state index in [9.17, 15) is 14.0 Å². The van der Waals surface area contributed by atoms with Crippen LogP contribution in [0.5, 0.6) is 0 Å². The van der Waals surface area contributed by atoms with Crippen LogP contribution in [-0.4, -0.2) is 23.7 Å². The molecule has 1 N–H and O–H groups in total. The normalized spacial score (nSPS) is 24.8. The second kappa shape index (κ2) is 5.37. The Morgan fingerprint density at radius 2 is 2.09 bits per heavy atom. The molecule has 1 atom stereocenters. The number of amides is 2. The zero-order valence-electron chi connectivity index (χ0n) is 13.6. The van der Waals surface area contributed by atoms with Crippen molar-refractivity contribution in [3.63, 3.8) is 0 Å². The van der Waals surface area contributed by atoms with Crippen LogP contribution in [0.25, 0.3) is 6.08 Å². The molecule has 6 heteroatoms. The molecule has 0 aromatic heterocycles. The molecule has 4 nitrogen and oxygen atoms in total. The third kappa shape index (κ3) is 2.76. The summed E-state index contributed by atoms with van der Waals surface area (Å²) in [6, 6.07) is 3.32. The molecule has 2 aliphatic rings. The van der Waals surface area contributed by atoms with Crippen LogP contribution in [0.4, 0.5) is 14.9 Å². The molecule has 1 unspecified atom stereocenters. The second-order valence-electron chi connectivity index (χ2n) is 6.76. The Kier molecular flexibility index (Phi) is 3.75. The summed E-state index contributed by atoms with van der Waals surface area (Å²) in [5.41, 5.74) is 2.26. The van der Waals surface area contributed by atoms with Crippen molar-refractivity contribution in [2.24, 2.45) is 0 Å². The standard InChI is InChI=1S/C17H19FN2O2S/c1-9-8-17(2,3)20(4)13-7-12(18)10(5-11(9)13)6-14-15(21)19-16(22)23-14/h5-7,9H,8H2,1-4H3,(H,19,21,22)/b14-6-. The van der Waals surface area contributed by atoms with Gasteiger partial charge in [-0.15, -0.1) is 0 Å².